The fourth-order valence-corrected chi connectivity index (χ4v) is 9.24. The molecule has 4 heteroatoms. The van der Waals surface area contributed by atoms with E-state index in [0.717, 1.165) is 17.0 Å². The van der Waals surface area contributed by atoms with Gasteiger partial charge in [-0.05, 0) is 0 Å². The van der Waals surface area contributed by atoms with Crippen molar-refractivity contribution >= 4 is 33.6 Å². The summed E-state index contributed by atoms with van der Waals surface area (Å²) in [6, 6.07) is 10.3. The van der Waals surface area contributed by atoms with Crippen molar-refractivity contribution in [1.82, 2.24) is 0 Å². The molecule has 0 saturated heterocycles. The second-order valence-corrected chi connectivity index (χ2v) is 12.4. The minimum absolute atomic E-state index is 0.422. The van der Waals surface area contributed by atoms with Crippen LogP contribution >= 0.6 is 0 Å². The van der Waals surface area contributed by atoms with E-state index in [9.17, 15) is 9.59 Å². The van der Waals surface area contributed by atoms with Crippen LogP contribution < -0.4 is 0 Å². The molecular formula is C15H17InO3. The summed E-state index contributed by atoms with van der Waals surface area (Å²) in [7, 11) is 0. The Morgan fingerprint density at radius 1 is 1.32 bits per heavy atom. The van der Waals surface area contributed by atoms with Crippen molar-refractivity contribution in [3.8, 4) is 0 Å². The number of carbonyl (C=O) groups is 2. The van der Waals surface area contributed by atoms with Crippen LogP contribution in [0.1, 0.15) is 18.9 Å². The second kappa shape index (κ2) is 6.94. The van der Waals surface area contributed by atoms with Gasteiger partial charge in [0.15, 0.2) is 0 Å². The molecule has 0 N–H and O–H groups in total. The zero-order chi connectivity index (χ0) is 13.7. The van der Waals surface area contributed by atoms with Crippen LogP contribution in [-0.4, -0.2) is 33.6 Å². The van der Waals surface area contributed by atoms with E-state index in [0.29, 0.717) is 3.67 Å². The third-order valence-electron chi connectivity index (χ3n) is 3.38. The predicted molar refractivity (Wildman–Crippen MR) is 75.0 cm³/mol. The van der Waals surface area contributed by atoms with Gasteiger partial charge in [-0.15, -0.1) is 0 Å². The Balaban J connectivity index is 1.87. The van der Waals surface area contributed by atoms with Crippen molar-refractivity contribution in [2.24, 2.45) is 0 Å². The van der Waals surface area contributed by atoms with Crippen LogP contribution in [-0.2, 0) is 18.9 Å². The number of hydrogen-bond acceptors (Lipinski definition) is 3. The van der Waals surface area contributed by atoms with E-state index in [1.54, 1.807) is 0 Å². The third-order valence-corrected chi connectivity index (χ3v) is 11.3. The number of benzene rings is 1. The number of rotatable bonds is 5. The van der Waals surface area contributed by atoms with E-state index in [2.05, 4.69) is 24.3 Å². The van der Waals surface area contributed by atoms with E-state index in [4.69, 9.17) is 2.85 Å². The minimum atomic E-state index is -2.38. The van der Waals surface area contributed by atoms with Gasteiger partial charge in [-0.3, -0.25) is 0 Å². The van der Waals surface area contributed by atoms with E-state index >= 15 is 0 Å². The summed E-state index contributed by atoms with van der Waals surface area (Å²) in [5.41, 5.74) is 1.31. The second-order valence-electron chi connectivity index (χ2n) is 4.85. The first-order valence-corrected chi connectivity index (χ1v) is 12.2. The van der Waals surface area contributed by atoms with Crippen LogP contribution in [0, 0.1) is 0 Å². The van der Waals surface area contributed by atoms with Crippen molar-refractivity contribution in [2.75, 3.05) is 0 Å². The quantitative estimate of drug-likeness (QED) is 0.599. The molecule has 0 radical (unpaired) electrons. The van der Waals surface area contributed by atoms with Gasteiger partial charge in [-0.2, -0.15) is 0 Å². The molecule has 0 aromatic heterocycles. The van der Waals surface area contributed by atoms with Crippen LogP contribution in [0.2, 0.25) is 7.85 Å². The molecule has 1 aromatic rings. The molecule has 1 aromatic carbocycles. The van der Waals surface area contributed by atoms with Gasteiger partial charge in [0, 0.05) is 0 Å². The van der Waals surface area contributed by atoms with Gasteiger partial charge < -0.3 is 0 Å². The Morgan fingerprint density at radius 2 is 2.05 bits per heavy atom. The average molecular weight is 360 g/mol. The molecule has 0 amide bonds. The molecular weight excluding hydrogens is 343 g/mol. The van der Waals surface area contributed by atoms with Crippen LogP contribution in [0.3, 0.4) is 0 Å². The van der Waals surface area contributed by atoms with Crippen molar-refractivity contribution in [3.05, 3.63) is 48.0 Å². The first-order valence-electron chi connectivity index (χ1n) is 6.59. The molecule has 0 fully saturated rings. The van der Waals surface area contributed by atoms with E-state index in [-0.39, 0.29) is 0 Å². The molecule has 0 spiro atoms. The summed E-state index contributed by atoms with van der Waals surface area (Å²) in [5.74, 6) is -1.11. The number of ketones is 1. The summed E-state index contributed by atoms with van der Waals surface area (Å²) < 4.78 is 6.77. The molecule has 0 saturated carbocycles. The predicted octanol–water partition coefficient (Wildman–Crippen LogP) is 2.68. The molecule has 1 aliphatic rings. The molecule has 1 heterocycles. The first-order chi connectivity index (χ1) is 9.16. The molecule has 1 unspecified atom stereocenters. The Labute approximate surface area is 121 Å². The van der Waals surface area contributed by atoms with Crippen LogP contribution in [0.5, 0.6) is 0 Å². The Bertz CT molecular complexity index is 481. The number of aryl methyl sites for hydroxylation is 1. The van der Waals surface area contributed by atoms with Gasteiger partial charge in [-0.25, -0.2) is 0 Å². The maximum atomic E-state index is 11.4. The van der Waals surface area contributed by atoms with Gasteiger partial charge in [0.1, 0.15) is 0 Å². The molecule has 1 atom stereocenters. The van der Waals surface area contributed by atoms with Crippen molar-refractivity contribution in [1.29, 1.82) is 0 Å². The summed E-state index contributed by atoms with van der Waals surface area (Å²) in [5, 5.41) is 0. The summed E-state index contributed by atoms with van der Waals surface area (Å²) >= 11 is -2.38. The van der Waals surface area contributed by atoms with Gasteiger partial charge >= 0.3 is 122 Å². The fraction of sp³-hybridized carbons (Fsp3) is 0.333. The molecule has 3 nitrogen and oxygen atoms in total. The number of allylic oxidation sites excluding steroid dienone is 2. The zero-order valence-corrected chi connectivity index (χ0v) is 14.3. The normalized spacial score (nSPS) is 17.5. The fourth-order valence-electron chi connectivity index (χ4n) is 2.30. The first kappa shape index (κ1) is 14.4. The molecule has 0 bridgehead atoms. The van der Waals surface area contributed by atoms with Crippen molar-refractivity contribution in [3.63, 3.8) is 0 Å². The van der Waals surface area contributed by atoms with Crippen LogP contribution in [0.4, 0.5) is 0 Å². The molecule has 1 aliphatic heterocycles. The van der Waals surface area contributed by atoms with Crippen LogP contribution in [0.25, 0.3) is 0 Å². The summed E-state index contributed by atoms with van der Waals surface area (Å²) in [6.07, 6.45) is 6.31. The van der Waals surface area contributed by atoms with Crippen LogP contribution in [0.15, 0.2) is 42.5 Å². The molecule has 0 aliphatic carbocycles. The maximum absolute atomic E-state index is 11.4. The van der Waals surface area contributed by atoms with Gasteiger partial charge in [0.2, 0.25) is 0 Å². The van der Waals surface area contributed by atoms with E-state index in [1.807, 2.05) is 18.2 Å². The Kier molecular flexibility index (Phi) is 5.25. The summed E-state index contributed by atoms with van der Waals surface area (Å²) in [4.78, 5) is 22.3. The Hall–Kier alpha value is -1.03. The van der Waals surface area contributed by atoms with Gasteiger partial charge in [0.05, 0.1) is 0 Å². The molecule has 2 rings (SSSR count). The number of hydrogen-bond donors (Lipinski definition) is 0. The van der Waals surface area contributed by atoms with Gasteiger partial charge in [0.25, 0.3) is 0 Å². The number of carbonyl (C=O) groups excluding carboxylic acids is 2. The monoisotopic (exact) mass is 360 g/mol. The van der Waals surface area contributed by atoms with Crippen molar-refractivity contribution < 1.29 is 12.4 Å². The topological polar surface area (TPSA) is 43.4 Å². The van der Waals surface area contributed by atoms with E-state index < -0.39 is 33.6 Å². The Morgan fingerprint density at radius 3 is 2.74 bits per heavy atom. The van der Waals surface area contributed by atoms with Crippen molar-refractivity contribution in [2.45, 2.75) is 27.6 Å². The summed E-state index contributed by atoms with van der Waals surface area (Å²) in [6.45, 7) is 1.27. The molecule has 98 valence electrons. The third kappa shape index (κ3) is 4.23. The van der Waals surface area contributed by atoms with Gasteiger partial charge in [-0.1, -0.05) is 0 Å². The number of Topliss-reactive ketones (excluding diaryl/α,β-unsaturated/α-hetero) is 1. The average Bonchev–Trinajstić information content (AvgIpc) is 2.85. The zero-order valence-electron chi connectivity index (χ0n) is 11.0. The standard InChI is InChI=1S/C12H14.C3H4O3.In/c1-2-3-4-6-9-12-10-7-5-8-11-12;1-2(4)3(5)6;/h2-5,7-8,10-11H,1,6,9H2;1H3,(H,5,6);/q;;+1/p-1. The van der Waals surface area contributed by atoms with E-state index in [1.165, 1.54) is 12.5 Å². The SMILES string of the molecule is CC(=O)C(=O)[O][In]1[CH2]C=C[CH]1CCc1ccccc1. The molecule has 19 heavy (non-hydrogen) atoms.